The highest BCUT2D eigenvalue weighted by molar-refractivity contribution is 9.10. The van der Waals surface area contributed by atoms with Gasteiger partial charge in [0.25, 0.3) is 5.91 Å². The molecule has 9 nitrogen and oxygen atoms in total. The molecule has 0 unspecified atom stereocenters. The quantitative estimate of drug-likeness (QED) is 0.214. The van der Waals surface area contributed by atoms with Crippen molar-refractivity contribution in [1.29, 1.82) is 0 Å². The molecule has 2 heterocycles. The maximum absolute atomic E-state index is 12.9. The molecule has 3 amide bonds. The van der Waals surface area contributed by atoms with Gasteiger partial charge in [0.2, 0.25) is 5.76 Å². The van der Waals surface area contributed by atoms with Crippen LogP contribution in [0.15, 0.2) is 63.1 Å². The molecule has 0 spiro atoms. The first-order valence-electron chi connectivity index (χ1n) is 11.4. The van der Waals surface area contributed by atoms with Crippen molar-refractivity contribution in [3.05, 3.63) is 86.9 Å². The molecule has 1 aliphatic rings. The third kappa shape index (κ3) is 6.03. The number of amides is 3. The highest BCUT2D eigenvalue weighted by Gasteiger charge is 2.34. The van der Waals surface area contributed by atoms with Gasteiger partial charge in [-0.15, -0.1) is 0 Å². The molecule has 3 aromatic rings. The van der Waals surface area contributed by atoms with Crippen LogP contribution in [0.3, 0.4) is 0 Å². The fourth-order valence-corrected chi connectivity index (χ4v) is 4.20. The van der Waals surface area contributed by atoms with E-state index in [4.69, 9.17) is 13.9 Å². The molecule has 10 heteroatoms. The number of urea groups is 1. The first-order valence-corrected chi connectivity index (χ1v) is 12.2. The van der Waals surface area contributed by atoms with Crippen LogP contribution in [0.5, 0.6) is 11.5 Å². The van der Waals surface area contributed by atoms with E-state index in [0.29, 0.717) is 34.7 Å². The highest BCUT2D eigenvalue weighted by Crippen LogP contribution is 2.38. The van der Waals surface area contributed by atoms with E-state index in [-0.39, 0.29) is 23.8 Å². The first-order chi connectivity index (χ1) is 17.8. The Morgan fingerprint density at radius 2 is 1.86 bits per heavy atom. The Morgan fingerprint density at radius 3 is 2.57 bits per heavy atom. The van der Waals surface area contributed by atoms with E-state index in [1.807, 2.05) is 38.1 Å². The number of imide groups is 1. The Hall–Kier alpha value is -4.05. The van der Waals surface area contributed by atoms with Crippen LogP contribution in [0.4, 0.5) is 4.79 Å². The number of halogens is 1. The average molecular weight is 569 g/mol. The summed E-state index contributed by atoms with van der Waals surface area (Å²) in [6.07, 6.45) is 1.55. The molecular formula is C27H25BrN2O7. The predicted octanol–water partition coefficient (Wildman–Crippen LogP) is 5.21. The fourth-order valence-electron chi connectivity index (χ4n) is 3.62. The summed E-state index contributed by atoms with van der Waals surface area (Å²) in [5.74, 6) is 0.100. The minimum atomic E-state index is -0.647. The molecule has 1 aliphatic heterocycles. The summed E-state index contributed by atoms with van der Waals surface area (Å²) in [7, 11) is 1.23. The minimum absolute atomic E-state index is 0.0155. The van der Waals surface area contributed by atoms with Crippen molar-refractivity contribution < 1.29 is 33.0 Å². The summed E-state index contributed by atoms with van der Waals surface area (Å²) in [4.78, 5) is 38.0. The first kappa shape index (κ1) is 26.0. The number of hydrogen-bond acceptors (Lipinski definition) is 7. The number of rotatable bonds is 9. The maximum Gasteiger partial charge on any atom is 0.373 e. The van der Waals surface area contributed by atoms with Crippen molar-refractivity contribution >= 4 is 39.9 Å². The monoisotopic (exact) mass is 568 g/mol. The third-order valence-corrected chi connectivity index (χ3v) is 6.06. The molecule has 4 rings (SSSR count). The lowest BCUT2D eigenvalue weighted by Gasteiger charge is -2.15. The van der Waals surface area contributed by atoms with Crippen LogP contribution >= 0.6 is 15.9 Å². The van der Waals surface area contributed by atoms with E-state index < -0.39 is 17.9 Å². The molecule has 0 saturated carbocycles. The molecule has 37 heavy (non-hydrogen) atoms. The summed E-state index contributed by atoms with van der Waals surface area (Å²) in [6.45, 7) is 4.51. The number of hydrogen-bond donors (Lipinski definition) is 1. The molecule has 192 valence electrons. The van der Waals surface area contributed by atoms with E-state index in [1.54, 1.807) is 18.2 Å². The number of nitrogens with one attached hydrogen (secondary N) is 1. The lowest BCUT2D eigenvalue weighted by molar-refractivity contribution is -0.123. The predicted molar refractivity (Wildman–Crippen MR) is 138 cm³/mol. The molecule has 1 N–H and O–H groups in total. The van der Waals surface area contributed by atoms with E-state index in [1.165, 1.54) is 24.8 Å². The Bertz CT molecular complexity index is 1360. The normalized spacial score (nSPS) is 14.2. The van der Waals surface area contributed by atoms with Crippen LogP contribution < -0.4 is 14.8 Å². The van der Waals surface area contributed by atoms with Gasteiger partial charge in [-0.2, -0.15) is 0 Å². The number of carbonyl (C=O) groups is 3. The van der Waals surface area contributed by atoms with E-state index in [2.05, 4.69) is 26.0 Å². The van der Waals surface area contributed by atoms with Crippen molar-refractivity contribution in [3.8, 4) is 11.5 Å². The molecular weight excluding hydrogens is 544 g/mol. The second kappa shape index (κ2) is 11.3. The van der Waals surface area contributed by atoms with E-state index >= 15 is 0 Å². The van der Waals surface area contributed by atoms with Gasteiger partial charge in [-0.25, -0.2) is 9.59 Å². The SMILES string of the molecule is CCOc1cc(/C=C2\NC(=O)N(Cc3ccc(C(=O)OC)o3)C2=O)cc(Br)c1OCc1ccc(C)cc1. The van der Waals surface area contributed by atoms with Crippen molar-refractivity contribution in [2.45, 2.75) is 27.0 Å². The molecule has 0 aliphatic carbocycles. The van der Waals surface area contributed by atoms with Gasteiger partial charge in [-0.3, -0.25) is 9.69 Å². The second-order valence-corrected chi connectivity index (χ2v) is 9.03. The van der Waals surface area contributed by atoms with Crippen LogP contribution in [-0.2, 0) is 22.7 Å². The van der Waals surface area contributed by atoms with Gasteiger partial charge >= 0.3 is 12.0 Å². The number of methoxy groups -OCH3 is 1. The van der Waals surface area contributed by atoms with Gasteiger partial charge in [0.1, 0.15) is 18.1 Å². The van der Waals surface area contributed by atoms with Crippen molar-refractivity contribution in [1.82, 2.24) is 10.2 Å². The lowest BCUT2D eigenvalue weighted by atomic mass is 10.1. The number of esters is 1. The van der Waals surface area contributed by atoms with Crippen LogP contribution in [0.1, 0.15) is 39.9 Å². The molecule has 0 bridgehead atoms. The Kier molecular flexibility index (Phi) is 7.98. The lowest BCUT2D eigenvalue weighted by Crippen LogP contribution is -2.30. The standard InChI is InChI=1S/C27H25BrN2O7/c1-4-35-23-13-18(11-20(28)24(23)36-15-17-7-5-16(2)6-8-17)12-21-25(31)30(27(33)29-21)14-19-9-10-22(37-19)26(32)34-3/h5-13H,4,14-15H2,1-3H3,(H,29,33)/b21-12-. The molecule has 1 fully saturated rings. The summed E-state index contributed by atoms with van der Waals surface area (Å²) in [5, 5.41) is 2.58. The molecule has 1 saturated heterocycles. The highest BCUT2D eigenvalue weighted by atomic mass is 79.9. The Labute approximate surface area is 222 Å². The van der Waals surface area contributed by atoms with Crippen LogP contribution in [-0.4, -0.2) is 36.5 Å². The van der Waals surface area contributed by atoms with Crippen LogP contribution in [0, 0.1) is 6.92 Å². The summed E-state index contributed by atoms with van der Waals surface area (Å²) >= 11 is 3.54. The van der Waals surface area contributed by atoms with Crippen LogP contribution in [0.25, 0.3) is 6.08 Å². The van der Waals surface area contributed by atoms with Crippen molar-refractivity contribution in [2.75, 3.05) is 13.7 Å². The van der Waals surface area contributed by atoms with E-state index in [9.17, 15) is 14.4 Å². The number of aryl methyl sites for hydroxylation is 1. The van der Waals surface area contributed by atoms with Gasteiger partial charge in [-0.1, -0.05) is 29.8 Å². The molecule has 2 aromatic carbocycles. The number of benzene rings is 2. The molecule has 1 aromatic heterocycles. The zero-order chi connectivity index (χ0) is 26.5. The van der Waals surface area contributed by atoms with Crippen molar-refractivity contribution in [2.24, 2.45) is 0 Å². The van der Waals surface area contributed by atoms with Gasteiger partial charge in [0, 0.05) is 0 Å². The van der Waals surface area contributed by atoms with Gasteiger partial charge < -0.3 is 23.9 Å². The van der Waals surface area contributed by atoms with Gasteiger partial charge in [0.05, 0.1) is 24.7 Å². The van der Waals surface area contributed by atoms with E-state index in [0.717, 1.165) is 10.5 Å². The number of carbonyl (C=O) groups excluding carboxylic acids is 3. The number of nitrogens with zero attached hydrogens (tertiary/aromatic N) is 1. The molecule has 0 radical (unpaired) electrons. The smallest absolute Gasteiger partial charge is 0.373 e. The maximum atomic E-state index is 12.9. The van der Waals surface area contributed by atoms with Crippen molar-refractivity contribution in [3.63, 3.8) is 0 Å². The van der Waals surface area contributed by atoms with Gasteiger partial charge in [0.15, 0.2) is 11.5 Å². The topological polar surface area (TPSA) is 107 Å². The number of furan rings is 1. The van der Waals surface area contributed by atoms with Crippen LogP contribution in [0.2, 0.25) is 0 Å². The summed E-state index contributed by atoms with van der Waals surface area (Å²) in [5.41, 5.74) is 2.89. The zero-order valence-corrected chi connectivity index (χ0v) is 22.1. The summed E-state index contributed by atoms with van der Waals surface area (Å²) < 4.78 is 22.5. The minimum Gasteiger partial charge on any atom is -0.490 e. The Morgan fingerprint density at radius 1 is 1.11 bits per heavy atom. The largest absolute Gasteiger partial charge is 0.490 e. The van der Waals surface area contributed by atoms with Gasteiger partial charge in [-0.05, 0) is 71.2 Å². The third-order valence-electron chi connectivity index (χ3n) is 5.47. The fraction of sp³-hybridized carbons (Fsp3) is 0.222. The second-order valence-electron chi connectivity index (χ2n) is 8.17. The Balaban J connectivity index is 1.52. The summed E-state index contributed by atoms with van der Waals surface area (Å²) in [6, 6.07) is 13.9. The molecule has 0 atom stereocenters. The zero-order valence-electron chi connectivity index (χ0n) is 20.5. The average Bonchev–Trinajstić information content (AvgIpc) is 3.45. The number of ether oxygens (including phenoxy) is 3.